The summed E-state index contributed by atoms with van der Waals surface area (Å²) in [6, 6.07) is 1.04. The van der Waals surface area contributed by atoms with Crippen molar-refractivity contribution >= 4 is 16.9 Å². The van der Waals surface area contributed by atoms with Gasteiger partial charge in [-0.1, -0.05) is 13.3 Å². The van der Waals surface area contributed by atoms with Crippen LogP contribution in [-0.2, 0) is 19.3 Å². The van der Waals surface area contributed by atoms with Gasteiger partial charge in [-0.05, 0) is 48.8 Å². The first-order chi connectivity index (χ1) is 11.1. The Bertz CT molecular complexity index is 832. The molecular formula is C18H20O5. The van der Waals surface area contributed by atoms with Crippen LogP contribution in [0.4, 0.5) is 0 Å². The molecule has 3 rings (SSSR count). The molecule has 1 aliphatic carbocycles. The molecule has 1 aliphatic rings. The Morgan fingerprint density at radius 1 is 1.30 bits per heavy atom. The first-order valence-electron chi connectivity index (χ1n) is 8.00. The predicted octanol–water partition coefficient (Wildman–Crippen LogP) is 3.33. The maximum absolute atomic E-state index is 12.5. The summed E-state index contributed by atoms with van der Waals surface area (Å²) in [6.07, 6.45) is 5.60. The fourth-order valence-corrected chi connectivity index (χ4v) is 3.54. The zero-order valence-electron chi connectivity index (χ0n) is 13.4. The molecule has 0 radical (unpaired) electrons. The summed E-state index contributed by atoms with van der Waals surface area (Å²) in [5, 5.41) is 9.57. The number of methoxy groups -OCH3 is 1. The van der Waals surface area contributed by atoms with E-state index in [1.807, 2.05) is 0 Å². The Morgan fingerprint density at radius 3 is 2.61 bits per heavy atom. The van der Waals surface area contributed by atoms with E-state index in [1.54, 1.807) is 7.11 Å². The second-order valence-corrected chi connectivity index (χ2v) is 5.91. The smallest absolute Gasteiger partial charge is 0.371 e. The number of carbonyl (C=O) groups is 1. The molecule has 0 spiro atoms. The number of carboxylic acid groups (broad SMARTS) is 1. The van der Waals surface area contributed by atoms with Crippen molar-refractivity contribution in [3.8, 4) is 5.75 Å². The van der Waals surface area contributed by atoms with Crippen molar-refractivity contribution in [1.82, 2.24) is 0 Å². The third-order valence-electron chi connectivity index (χ3n) is 4.47. The van der Waals surface area contributed by atoms with Gasteiger partial charge in [0.2, 0.25) is 5.76 Å². The molecule has 122 valence electrons. The molecule has 5 heteroatoms. The van der Waals surface area contributed by atoms with E-state index in [4.69, 9.17) is 9.15 Å². The number of ether oxygens (including phenoxy) is 1. The summed E-state index contributed by atoms with van der Waals surface area (Å²) in [6.45, 7) is 2.06. The van der Waals surface area contributed by atoms with Crippen molar-refractivity contribution in [3.63, 3.8) is 0 Å². The van der Waals surface area contributed by atoms with Gasteiger partial charge in [-0.25, -0.2) is 4.79 Å². The Balaban J connectivity index is 2.48. The molecule has 0 aliphatic heterocycles. The third-order valence-corrected chi connectivity index (χ3v) is 4.47. The second-order valence-electron chi connectivity index (χ2n) is 5.91. The van der Waals surface area contributed by atoms with Gasteiger partial charge in [0, 0.05) is 6.07 Å². The van der Waals surface area contributed by atoms with Crippen molar-refractivity contribution in [3.05, 3.63) is 38.7 Å². The van der Waals surface area contributed by atoms with Crippen molar-refractivity contribution in [1.29, 1.82) is 0 Å². The molecule has 23 heavy (non-hydrogen) atoms. The zero-order chi connectivity index (χ0) is 16.6. The Labute approximate surface area is 133 Å². The molecule has 1 heterocycles. The number of hydrogen-bond acceptors (Lipinski definition) is 4. The van der Waals surface area contributed by atoms with Gasteiger partial charge in [0.05, 0.1) is 7.11 Å². The van der Waals surface area contributed by atoms with Crippen LogP contribution in [0.25, 0.3) is 11.0 Å². The van der Waals surface area contributed by atoms with Gasteiger partial charge in [0.1, 0.15) is 16.7 Å². The van der Waals surface area contributed by atoms with Crippen LogP contribution >= 0.6 is 0 Å². The molecule has 1 aromatic carbocycles. The maximum Gasteiger partial charge on any atom is 0.371 e. The monoisotopic (exact) mass is 316 g/mol. The van der Waals surface area contributed by atoms with Crippen LogP contribution < -0.4 is 10.2 Å². The van der Waals surface area contributed by atoms with E-state index in [-0.39, 0.29) is 11.2 Å². The molecule has 5 nitrogen and oxygen atoms in total. The second kappa shape index (κ2) is 6.07. The summed E-state index contributed by atoms with van der Waals surface area (Å²) in [5.74, 6) is -0.999. The molecule has 0 saturated heterocycles. The first-order valence-corrected chi connectivity index (χ1v) is 8.00. The Hall–Kier alpha value is -2.30. The average molecular weight is 316 g/mol. The van der Waals surface area contributed by atoms with E-state index >= 15 is 0 Å². The SMILES string of the molecule is CCCc1c2c(c(OC)c3c(=O)cc(C(=O)O)oc13)CCCC2. The molecular weight excluding hydrogens is 296 g/mol. The highest BCUT2D eigenvalue weighted by molar-refractivity contribution is 5.93. The number of benzene rings is 1. The molecule has 0 saturated carbocycles. The minimum Gasteiger partial charge on any atom is -0.496 e. The highest BCUT2D eigenvalue weighted by Crippen LogP contribution is 2.39. The van der Waals surface area contributed by atoms with Crippen molar-refractivity contribution in [2.24, 2.45) is 0 Å². The molecule has 1 aromatic heterocycles. The van der Waals surface area contributed by atoms with E-state index in [9.17, 15) is 14.7 Å². The number of hydrogen-bond donors (Lipinski definition) is 1. The normalized spacial score (nSPS) is 13.8. The van der Waals surface area contributed by atoms with Crippen molar-refractivity contribution < 1.29 is 19.1 Å². The minimum absolute atomic E-state index is 0.322. The van der Waals surface area contributed by atoms with Gasteiger partial charge in [0.25, 0.3) is 0 Å². The van der Waals surface area contributed by atoms with E-state index in [1.165, 1.54) is 5.56 Å². The predicted molar refractivity (Wildman–Crippen MR) is 86.6 cm³/mol. The average Bonchev–Trinajstić information content (AvgIpc) is 2.55. The van der Waals surface area contributed by atoms with Crippen molar-refractivity contribution in [2.45, 2.75) is 45.4 Å². The van der Waals surface area contributed by atoms with Crippen LogP contribution in [0.1, 0.15) is 53.4 Å². The topological polar surface area (TPSA) is 76.7 Å². The largest absolute Gasteiger partial charge is 0.496 e. The number of fused-ring (bicyclic) bond motifs is 2. The van der Waals surface area contributed by atoms with Crippen LogP contribution in [0, 0.1) is 0 Å². The molecule has 0 atom stereocenters. The molecule has 0 amide bonds. The van der Waals surface area contributed by atoms with E-state index in [2.05, 4.69) is 6.92 Å². The number of rotatable bonds is 4. The van der Waals surface area contributed by atoms with Gasteiger partial charge in [-0.2, -0.15) is 0 Å². The maximum atomic E-state index is 12.5. The van der Waals surface area contributed by atoms with Gasteiger partial charge in [0.15, 0.2) is 5.43 Å². The van der Waals surface area contributed by atoms with Crippen LogP contribution in [0.3, 0.4) is 0 Å². The van der Waals surface area contributed by atoms with Crippen LogP contribution in [0.2, 0.25) is 0 Å². The highest BCUT2D eigenvalue weighted by atomic mass is 16.5. The Kier molecular flexibility index (Phi) is 4.11. The van der Waals surface area contributed by atoms with Crippen LogP contribution in [-0.4, -0.2) is 18.2 Å². The summed E-state index contributed by atoms with van der Waals surface area (Å²) in [7, 11) is 1.55. The fraction of sp³-hybridized carbons (Fsp3) is 0.444. The first kappa shape index (κ1) is 15.6. The van der Waals surface area contributed by atoms with Gasteiger partial charge in [-0.15, -0.1) is 0 Å². The van der Waals surface area contributed by atoms with E-state index in [0.29, 0.717) is 16.7 Å². The molecule has 0 fully saturated rings. The van der Waals surface area contributed by atoms with Crippen LogP contribution in [0.5, 0.6) is 5.75 Å². The fourth-order valence-electron chi connectivity index (χ4n) is 3.54. The van der Waals surface area contributed by atoms with Crippen LogP contribution in [0.15, 0.2) is 15.3 Å². The van der Waals surface area contributed by atoms with E-state index in [0.717, 1.165) is 55.7 Å². The quantitative estimate of drug-likeness (QED) is 0.936. The van der Waals surface area contributed by atoms with E-state index < -0.39 is 5.97 Å². The minimum atomic E-state index is -1.23. The number of carboxylic acids is 1. The molecule has 0 bridgehead atoms. The molecule has 0 unspecified atom stereocenters. The Morgan fingerprint density at radius 2 is 2.00 bits per heavy atom. The lowest BCUT2D eigenvalue weighted by atomic mass is 9.84. The third kappa shape index (κ3) is 2.50. The standard InChI is InChI=1S/C18H20O5/c1-3-6-11-10-7-4-5-8-12(10)16(22-2)15-13(19)9-14(18(20)21)23-17(11)15/h9H,3-8H2,1-2H3,(H,20,21). The summed E-state index contributed by atoms with van der Waals surface area (Å²) in [4.78, 5) is 23.8. The summed E-state index contributed by atoms with van der Waals surface area (Å²) >= 11 is 0. The number of aromatic carboxylic acids is 1. The lowest BCUT2D eigenvalue weighted by molar-refractivity contribution is 0.0663. The van der Waals surface area contributed by atoms with Crippen molar-refractivity contribution in [2.75, 3.05) is 7.11 Å². The lowest BCUT2D eigenvalue weighted by Crippen LogP contribution is -2.15. The highest BCUT2D eigenvalue weighted by Gasteiger charge is 2.26. The zero-order valence-corrected chi connectivity index (χ0v) is 13.4. The summed E-state index contributed by atoms with van der Waals surface area (Å²) in [5.41, 5.74) is 3.26. The van der Waals surface area contributed by atoms with Gasteiger partial charge in [-0.3, -0.25) is 4.79 Å². The van der Waals surface area contributed by atoms with Gasteiger partial charge >= 0.3 is 5.97 Å². The molecule has 1 N–H and O–H groups in total. The number of aryl methyl sites for hydroxylation is 1. The van der Waals surface area contributed by atoms with Gasteiger partial charge < -0.3 is 14.3 Å². The summed E-state index contributed by atoms with van der Waals surface area (Å²) < 4.78 is 11.1. The molecule has 2 aromatic rings. The lowest BCUT2D eigenvalue weighted by Gasteiger charge is -2.23.